The van der Waals surface area contributed by atoms with Crippen molar-refractivity contribution >= 4 is 39.1 Å². The van der Waals surface area contributed by atoms with Crippen LogP contribution in [0, 0.1) is 0 Å². The van der Waals surface area contributed by atoms with E-state index < -0.39 is 0 Å². The van der Waals surface area contributed by atoms with E-state index in [4.69, 9.17) is 23.2 Å². The Labute approximate surface area is 84.6 Å². The highest BCUT2D eigenvalue weighted by Crippen LogP contribution is 2.23. The Bertz CT molecular complexity index is 248. The fourth-order valence-corrected chi connectivity index (χ4v) is 1.57. The smallest absolute Gasteiger partial charge is 0.0548 e. The summed E-state index contributed by atoms with van der Waals surface area (Å²) in [5, 5.41) is 0.739. The van der Waals surface area contributed by atoms with Crippen molar-refractivity contribution in [3.63, 3.8) is 0 Å². The molecule has 11 heavy (non-hydrogen) atoms. The van der Waals surface area contributed by atoms with E-state index in [9.17, 15) is 0 Å². The predicted molar refractivity (Wildman–Crippen MR) is 53.6 cm³/mol. The highest BCUT2D eigenvalue weighted by Gasteiger charge is 1.97. The lowest BCUT2D eigenvalue weighted by Gasteiger charge is -1.99. The molecule has 0 aliphatic heterocycles. The molecular formula is C8H7BrCl2. The standard InChI is InChI=1S/C8H7BrCl2/c9-7-5-6(3-4-10)1-2-8(7)11/h1-2,5H,3-4H2. The molecule has 0 aliphatic carbocycles. The van der Waals surface area contributed by atoms with Crippen molar-refractivity contribution in [1.29, 1.82) is 0 Å². The minimum atomic E-state index is 0.647. The van der Waals surface area contributed by atoms with Gasteiger partial charge in [-0.2, -0.15) is 0 Å². The second-order valence-electron chi connectivity index (χ2n) is 2.19. The van der Waals surface area contributed by atoms with E-state index in [0.29, 0.717) is 5.88 Å². The first-order chi connectivity index (χ1) is 5.24. The van der Waals surface area contributed by atoms with Gasteiger partial charge in [0, 0.05) is 10.4 Å². The van der Waals surface area contributed by atoms with Crippen molar-refractivity contribution in [3.05, 3.63) is 33.3 Å². The zero-order valence-corrected chi connectivity index (χ0v) is 8.88. The second kappa shape index (κ2) is 4.34. The van der Waals surface area contributed by atoms with Gasteiger partial charge in [0.05, 0.1) is 5.02 Å². The minimum absolute atomic E-state index is 0.647. The van der Waals surface area contributed by atoms with E-state index in [1.165, 1.54) is 5.56 Å². The summed E-state index contributed by atoms with van der Waals surface area (Å²) in [6, 6.07) is 5.84. The fourth-order valence-electron chi connectivity index (χ4n) is 0.804. The number of hydrogen-bond acceptors (Lipinski definition) is 0. The highest BCUT2D eigenvalue weighted by atomic mass is 79.9. The van der Waals surface area contributed by atoms with E-state index in [1.807, 2.05) is 18.2 Å². The van der Waals surface area contributed by atoms with Crippen molar-refractivity contribution < 1.29 is 0 Å². The molecular weight excluding hydrogens is 247 g/mol. The third-order valence-corrected chi connectivity index (χ3v) is 2.77. The van der Waals surface area contributed by atoms with E-state index in [0.717, 1.165) is 15.9 Å². The Morgan fingerprint density at radius 3 is 2.64 bits per heavy atom. The van der Waals surface area contributed by atoms with Crippen LogP contribution in [0.4, 0.5) is 0 Å². The molecule has 1 rings (SSSR count). The third-order valence-electron chi connectivity index (χ3n) is 1.37. The van der Waals surface area contributed by atoms with Crippen LogP contribution in [0.1, 0.15) is 5.56 Å². The van der Waals surface area contributed by atoms with Gasteiger partial charge in [0.1, 0.15) is 0 Å². The first-order valence-electron chi connectivity index (χ1n) is 3.24. The molecule has 0 unspecified atom stereocenters. The zero-order valence-electron chi connectivity index (χ0n) is 5.78. The summed E-state index contributed by atoms with van der Waals surface area (Å²) in [5.74, 6) is 0.647. The van der Waals surface area contributed by atoms with Gasteiger partial charge in [-0.25, -0.2) is 0 Å². The number of hydrogen-bond donors (Lipinski definition) is 0. The average Bonchev–Trinajstić information content (AvgIpc) is 1.98. The van der Waals surface area contributed by atoms with Gasteiger partial charge in [0.15, 0.2) is 0 Å². The molecule has 0 nitrogen and oxygen atoms in total. The van der Waals surface area contributed by atoms with Crippen molar-refractivity contribution in [2.75, 3.05) is 5.88 Å². The molecule has 1 aromatic carbocycles. The van der Waals surface area contributed by atoms with Crippen LogP contribution < -0.4 is 0 Å². The molecule has 0 spiro atoms. The Kier molecular flexibility index (Phi) is 3.70. The highest BCUT2D eigenvalue weighted by molar-refractivity contribution is 9.10. The van der Waals surface area contributed by atoms with Crippen LogP contribution >= 0.6 is 39.1 Å². The van der Waals surface area contributed by atoms with Gasteiger partial charge in [-0.15, -0.1) is 11.6 Å². The van der Waals surface area contributed by atoms with Crippen LogP contribution in [0.5, 0.6) is 0 Å². The first kappa shape index (κ1) is 9.37. The van der Waals surface area contributed by atoms with Gasteiger partial charge in [-0.1, -0.05) is 17.7 Å². The lowest BCUT2D eigenvalue weighted by molar-refractivity contribution is 1.15. The average molecular weight is 254 g/mol. The Hall–Kier alpha value is 0.280. The molecule has 0 aliphatic rings. The van der Waals surface area contributed by atoms with E-state index in [1.54, 1.807) is 0 Å². The van der Waals surface area contributed by atoms with Gasteiger partial charge in [0.25, 0.3) is 0 Å². The third kappa shape index (κ3) is 2.66. The number of aryl methyl sites for hydroxylation is 1. The SMILES string of the molecule is ClCCc1ccc(Cl)c(Br)c1. The quantitative estimate of drug-likeness (QED) is 0.702. The van der Waals surface area contributed by atoms with Gasteiger partial charge in [0.2, 0.25) is 0 Å². The summed E-state index contributed by atoms with van der Waals surface area (Å²) in [7, 11) is 0. The molecule has 0 saturated carbocycles. The topological polar surface area (TPSA) is 0 Å². The molecule has 0 fully saturated rings. The van der Waals surface area contributed by atoms with Gasteiger partial charge < -0.3 is 0 Å². The summed E-state index contributed by atoms with van der Waals surface area (Å²) < 4.78 is 0.932. The summed E-state index contributed by atoms with van der Waals surface area (Å²) >= 11 is 14.7. The second-order valence-corrected chi connectivity index (χ2v) is 3.83. The molecule has 0 radical (unpaired) electrons. The Morgan fingerprint density at radius 2 is 2.09 bits per heavy atom. The molecule has 0 N–H and O–H groups in total. The van der Waals surface area contributed by atoms with Gasteiger partial charge in [-0.05, 0) is 40.0 Å². The Morgan fingerprint density at radius 1 is 1.36 bits per heavy atom. The predicted octanol–water partition coefficient (Wildman–Crippen LogP) is 3.88. The molecule has 0 heterocycles. The maximum atomic E-state index is 5.80. The fraction of sp³-hybridized carbons (Fsp3) is 0.250. The number of benzene rings is 1. The van der Waals surface area contributed by atoms with E-state index in [-0.39, 0.29) is 0 Å². The summed E-state index contributed by atoms with van der Waals surface area (Å²) in [4.78, 5) is 0. The number of halogens is 3. The minimum Gasteiger partial charge on any atom is -0.126 e. The monoisotopic (exact) mass is 252 g/mol. The van der Waals surface area contributed by atoms with Crippen LogP contribution in [0.2, 0.25) is 5.02 Å². The molecule has 3 heteroatoms. The van der Waals surface area contributed by atoms with Crippen LogP contribution in [-0.2, 0) is 6.42 Å². The first-order valence-corrected chi connectivity index (χ1v) is 4.94. The van der Waals surface area contributed by atoms with Crippen molar-refractivity contribution in [3.8, 4) is 0 Å². The molecule has 0 atom stereocenters. The van der Waals surface area contributed by atoms with Crippen molar-refractivity contribution in [2.24, 2.45) is 0 Å². The normalized spacial score (nSPS) is 10.1. The van der Waals surface area contributed by atoms with Crippen molar-refractivity contribution in [2.45, 2.75) is 6.42 Å². The largest absolute Gasteiger partial charge is 0.126 e. The summed E-state index contributed by atoms with van der Waals surface area (Å²) in [6.07, 6.45) is 0.886. The maximum Gasteiger partial charge on any atom is 0.0548 e. The van der Waals surface area contributed by atoms with Gasteiger partial charge in [-0.3, -0.25) is 0 Å². The molecule has 1 aromatic rings. The summed E-state index contributed by atoms with van der Waals surface area (Å²) in [6.45, 7) is 0. The Balaban J connectivity index is 2.86. The van der Waals surface area contributed by atoms with Gasteiger partial charge >= 0.3 is 0 Å². The lowest BCUT2D eigenvalue weighted by atomic mass is 10.2. The molecule has 60 valence electrons. The maximum absolute atomic E-state index is 5.80. The number of rotatable bonds is 2. The molecule has 0 aromatic heterocycles. The molecule has 0 bridgehead atoms. The number of alkyl halides is 1. The van der Waals surface area contributed by atoms with E-state index in [2.05, 4.69) is 15.9 Å². The molecule has 0 amide bonds. The van der Waals surface area contributed by atoms with Crippen LogP contribution in [0.3, 0.4) is 0 Å². The molecule has 0 saturated heterocycles. The van der Waals surface area contributed by atoms with Crippen LogP contribution in [-0.4, -0.2) is 5.88 Å². The zero-order chi connectivity index (χ0) is 8.27. The van der Waals surface area contributed by atoms with Crippen LogP contribution in [0.25, 0.3) is 0 Å². The van der Waals surface area contributed by atoms with Crippen LogP contribution in [0.15, 0.2) is 22.7 Å². The summed E-state index contributed by atoms with van der Waals surface area (Å²) in [5.41, 5.74) is 1.20. The van der Waals surface area contributed by atoms with E-state index >= 15 is 0 Å². The van der Waals surface area contributed by atoms with Crippen molar-refractivity contribution in [1.82, 2.24) is 0 Å². The lowest BCUT2D eigenvalue weighted by Crippen LogP contribution is -1.85.